The number of carboxylic acids is 1. The first-order valence-electron chi connectivity index (χ1n) is 6.85. The monoisotopic (exact) mass is 313 g/mol. The SMILES string of the molecule is CC(Nc1nc(CCC(=O)O)cs1)C(=O)N1CCOCC1. The molecule has 0 aromatic carbocycles. The van der Waals surface area contributed by atoms with Crippen molar-refractivity contribution < 1.29 is 19.4 Å². The second kappa shape index (κ2) is 7.37. The molecule has 1 saturated heterocycles. The molecule has 2 heterocycles. The van der Waals surface area contributed by atoms with E-state index in [2.05, 4.69) is 10.3 Å². The number of anilines is 1. The standard InChI is InChI=1S/C13H19N3O4S/c1-9(12(19)16-4-6-20-7-5-16)14-13-15-10(8-21-13)2-3-11(17)18/h8-9H,2-7H2,1H3,(H,14,15)(H,17,18). The Morgan fingerprint density at radius 2 is 2.24 bits per heavy atom. The zero-order chi connectivity index (χ0) is 15.2. The maximum absolute atomic E-state index is 12.2. The average molecular weight is 313 g/mol. The van der Waals surface area contributed by atoms with Crippen LogP contribution < -0.4 is 5.32 Å². The zero-order valence-corrected chi connectivity index (χ0v) is 12.7. The van der Waals surface area contributed by atoms with Gasteiger partial charge in [-0.3, -0.25) is 9.59 Å². The quantitative estimate of drug-likeness (QED) is 0.808. The van der Waals surface area contributed by atoms with E-state index in [0.29, 0.717) is 37.9 Å². The Morgan fingerprint density at radius 1 is 1.52 bits per heavy atom. The van der Waals surface area contributed by atoms with E-state index < -0.39 is 5.97 Å². The lowest BCUT2D eigenvalue weighted by Gasteiger charge is -2.29. The Labute approximate surface area is 126 Å². The highest BCUT2D eigenvalue weighted by atomic mass is 32.1. The molecule has 1 fully saturated rings. The van der Waals surface area contributed by atoms with Crippen molar-refractivity contribution in [3.8, 4) is 0 Å². The van der Waals surface area contributed by atoms with Gasteiger partial charge in [0.2, 0.25) is 5.91 Å². The van der Waals surface area contributed by atoms with Crippen LogP contribution in [0.25, 0.3) is 0 Å². The number of amides is 1. The van der Waals surface area contributed by atoms with Crippen molar-refractivity contribution in [2.45, 2.75) is 25.8 Å². The molecule has 0 bridgehead atoms. The van der Waals surface area contributed by atoms with Crippen molar-refractivity contribution in [2.75, 3.05) is 31.6 Å². The molecule has 116 valence electrons. The zero-order valence-electron chi connectivity index (χ0n) is 11.9. The lowest BCUT2D eigenvalue weighted by molar-refractivity contribution is -0.137. The van der Waals surface area contributed by atoms with Crippen molar-refractivity contribution in [1.29, 1.82) is 0 Å². The Balaban J connectivity index is 1.85. The van der Waals surface area contributed by atoms with Crippen molar-refractivity contribution in [2.24, 2.45) is 0 Å². The number of aromatic nitrogens is 1. The first kappa shape index (κ1) is 15.7. The summed E-state index contributed by atoms with van der Waals surface area (Å²) in [6.45, 7) is 4.19. The van der Waals surface area contributed by atoms with Crippen LogP contribution in [0, 0.1) is 0 Å². The number of carbonyl (C=O) groups is 2. The van der Waals surface area contributed by atoms with Crippen molar-refractivity contribution in [3.63, 3.8) is 0 Å². The molecule has 1 aliphatic rings. The van der Waals surface area contributed by atoms with Gasteiger partial charge in [-0.05, 0) is 6.92 Å². The summed E-state index contributed by atoms with van der Waals surface area (Å²) in [4.78, 5) is 28.8. The third-order valence-corrected chi connectivity index (χ3v) is 4.00. The normalized spacial score (nSPS) is 16.5. The van der Waals surface area contributed by atoms with Crippen LogP contribution in [0.2, 0.25) is 0 Å². The second-order valence-electron chi connectivity index (χ2n) is 4.84. The minimum atomic E-state index is -0.839. The molecule has 1 atom stereocenters. The van der Waals surface area contributed by atoms with Gasteiger partial charge in [-0.2, -0.15) is 0 Å². The minimum Gasteiger partial charge on any atom is -0.481 e. The molecule has 8 heteroatoms. The second-order valence-corrected chi connectivity index (χ2v) is 5.70. The van der Waals surface area contributed by atoms with E-state index >= 15 is 0 Å². The van der Waals surface area contributed by atoms with Crippen LogP contribution in [0.5, 0.6) is 0 Å². The minimum absolute atomic E-state index is 0.0283. The van der Waals surface area contributed by atoms with Gasteiger partial charge >= 0.3 is 5.97 Å². The van der Waals surface area contributed by atoms with E-state index in [4.69, 9.17) is 9.84 Å². The number of hydrogen-bond acceptors (Lipinski definition) is 6. The average Bonchev–Trinajstić information content (AvgIpc) is 2.92. The van der Waals surface area contributed by atoms with Crippen molar-refractivity contribution >= 4 is 28.3 Å². The fourth-order valence-electron chi connectivity index (χ4n) is 2.03. The Bertz CT molecular complexity index is 499. The number of aryl methyl sites for hydroxylation is 1. The molecule has 0 radical (unpaired) electrons. The maximum Gasteiger partial charge on any atom is 0.303 e. The maximum atomic E-state index is 12.2. The fourth-order valence-corrected chi connectivity index (χ4v) is 2.86. The first-order chi connectivity index (χ1) is 10.1. The van der Waals surface area contributed by atoms with Crippen LogP contribution in [-0.4, -0.2) is 59.2 Å². The van der Waals surface area contributed by atoms with Crippen LogP contribution in [0.1, 0.15) is 19.0 Å². The molecular weight excluding hydrogens is 294 g/mol. The van der Waals surface area contributed by atoms with Gasteiger partial charge in [-0.1, -0.05) is 0 Å². The van der Waals surface area contributed by atoms with Gasteiger partial charge in [0.1, 0.15) is 6.04 Å². The summed E-state index contributed by atoms with van der Waals surface area (Å²) in [6, 6.07) is -0.360. The third-order valence-electron chi connectivity index (χ3n) is 3.18. The van der Waals surface area contributed by atoms with Gasteiger partial charge in [0.05, 0.1) is 25.3 Å². The van der Waals surface area contributed by atoms with E-state index in [-0.39, 0.29) is 18.4 Å². The molecule has 1 aromatic heterocycles. The Morgan fingerprint density at radius 3 is 2.90 bits per heavy atom. The number of nitrogens with zero attached hydrogens (tertiary/aromatic N) is 2. The first-order valence-corrected chi connectivity index (χ1v) is 7.73. The van der Waals surface area contributed by atoms with Crippen LogP contribution in [0.3, 0.4) is 0 Å². The number of nitrogens with one attached hydrogen (secondary N) is 1. The van der Waals surface area contributed by atoms with Gasteiger partial charge in [0.15, 0.2) is 5.13 Å². The van der Waals surface area contributed by atoms with Gasteiger partial charge in [-0.25, -0.2) is 4.98 Å². The topological polar surface area (TPSA) is 91.8 Å². The van der Waals surface area contributed by atoms with Gasteiger partial charge < -0.3 is 20.1 Å². The van der Waals surface area contributed by atoms with E-state index in [1.807, 2.05) is 5.38 Å². The van der Waals surface area contributed by atoms with E-state index in [0.717, 1.165) is 5.69 Å². The molecule has 2 rings (SSSR count). The summed E-state index contributed by atoms with van der Waals surface area (Å²) in [5.74, 6) is -0.811. The molecule has 0 spiro atoms. The molecule has 21 heavy (non-hydrogen) atoms. The van der Waals surface area contributed by atoms with Crippen LogP contribution in [0.15, 0.2) is 5.38 Å². The summed E-state index contributed by atoms with van der Waals surface area (Å²) >= 11 is 1.38. The number of thiazole rings is 1. The predicted octanol–water partition coefficient (Wildman–Crippen LogP) is 0.819. The fraction of sp³-hybridized carbons (Fsp3) is 0.615. The largest absolute Gasteiger partial charge is 0.481 e. The van der Waals surface area contributed by atoms with E-state index in [1.165, 1.54) is 11.3 Å². The lowest BCUT2D eigenvalue weighted by atomic mass is 10.2. The number of hydrogen-bond donors (Lipinski definition) is 2. The Kier molecular flexibility index (Phi) is 5.51. The molecular formula is C13H19N3O4S. The van der Waals surface area contributed by atoms with Gasteiger partial charge in [-0.15, -0.1) is 11.3 Å². The van der Waals surface area contributed by atoms with Crippen molar-refractivity contribution in [1.82, 2.24) is 9.88 Å². The van der Waals surface area contributed by atoms with Crippen LogP contribution >= 0.6 is 11.3 Å². The highest BCUT2D eigenvalue weighted by Crippen LogP contribution is 2.18. The van der Waals surface area contributed by atoms with E-state index in [1.54, 1.807) is 11.8 Å². The molecule has 1 amide bonds. The summed E-state index contributed by atoms with van der Waals surface area (Å²) in [6.07, 6.45) is 0.463. The third kappa shape index (κ3) is 4.68. The van der Waals surface area contributed by atoms with Crippen LogP contribution in [-0.2, 0) is 20.7 Å². The summed E-state index contributed by atoms with van der Waals surface area (Å²) in [5.41, 5.74) is 0.732. The summed E-state index contributed by atoms with van der Waals surface area (Å²) < 4.78 is 5.22. The smallest absolute Gasteiger partial charge is 0.303 e. The van der Waals surface area contributed by atoms with Crippen molar-refractivity contribution in [3.05, 3.63) is 11.1 Å². The highest BCUT2D eigenvalue weighted by Gasteiger charge is 2.22. The van der Waals surface area contributed by atoms with Gasteiger partial charge in [0, 0.05) is 24.9 Å². The number of morpholine rings is 1. The molecule has 2 N–H and O–H groups in total. The summed E-state index contributed by atoms with van der Waals surface area (Å²) in [5, 5.41) is 14.2. The Hall–Kier alpha value is -1.67. The molecule has 1 aromatic rings. The molecule has 1 unspecified atom stereocenters. The summed E-state index contributed by atoms with van der Waals surface area (Å²) in [7, 11) is 0. The molecule has 0 saturated carbocycles. The number of aliphatic carboxylic acids is 1. The predicted molar refractivity (Wildman–Crippen MR) is 78.6 cm³/mol. The number of carbonyl (C=O) groups excluding carboxylic acids is 1. The molecule has 0 aliphatic carbocycles. The molecule has 7 nitrogen and oxygen atoms in total. The van der Waals surface area contributed by atoms with Gasteiger partial charge in [0.25, 0.3) is 0 Å². The number of rotatable bonds is 6. The number of carboxylic acid groups (broad SMARTS) is 1. The lowest BCUT2D eigenvalue weighted by Crippen LogP contribution is -2.46. The number of ether oxygens (including phenoxy) is 1. The van der Waals surface area contributed by atoms with E-state index in [9.17, 15) is 9.59 Å². The van der Waals surface area contributed by atoms with Crippen LogP contribution in [0.4, 0.5) is 5.13 Å². The molecule has 1 aliphatic heterocycles. The highest BCUT2D eigenvalue weighted by molar-refractivity contribution is 7.13.